The lowest BCUT2D eigenvalue weighted by molar-refractivity contribution is 0.112. The predicted octanol–water partition coefficient (Wildman–Crippen LogP) is 1.38. The van der Waals surface area contributed by atoms with Crippen molar-refractivity contribution in [1.82, 2.24) is 4.98 Å². The van der Waals surface area contributed by atoms with E-state index in [1.807, 2.05) is 0 Å². The number of aromatic nitrogens is 1. The molecule has 0 spiro atoms. The van der Waals surface area contributed by atoms with Crippen LogP contribution in [0.3, 0.4) is 0 Å². The molecule has 0 aliphatic heterocycles. The van der Waals surface area contributed by atoms with Crippen molar-refractivity contribution in [3.05, 3.63) is 29.1 Å². The summed E-state index contributed by atoms with van der Waals surface area (Å²) in [5.41, 5.74) is 3.12. The van der Waals surface area contributed by atoms with E-state index >= 15 is 0 Å². The topological polar surface area (TPSA) is 30.0 Å². The number of nitrogens with zero attached hydrogens (tertiary/aromatic N) is 1. The van der Waals surface area contributed by atoms with Gasteiger partial charge in [-0.05, 0) is 30.9 Å². The highest BCUT2D eigenvalue weighted by atomic mass is 16.1. The van der Waals surface area contributed by atoms with Crippen molar-refractivity contribution in [3.8, 4) is 0 Å². The number of fused-ring (bicyclic) bond motifs is 1. The largest absolute Gasteiger partial charge is 0.298 e. The van der Waals surface area contributed by atoms with Crippen LogP contribution in [0.4, 0.5) is 0 Å². The summed E-state index contributed by atoms with van der Waals surface area (Å²) in [6.07, 6.45) is 5.85. The second-order valence-electron chi connectivity index (χ2n) is 2.80. The van der Waals surface area contributed by atoms with Crippen LogP contribution < -0.4 is 0 Å². The number of carbonyl (C=O) groups excluding carboxylic acids is 1. The monoisotopic (exact) mass is 147 g/mol. The quantitative estimate of drug-likeness (QED) is 0.562. The van der Waals surface area contributed by atoms with Gasteiger partial charge in [-0.15, -0.1) is 0 Å². The summed E-state index contributed by atoms with van der Waals surface area (Å²) in [6, 6.07) is 1.79. The third kappa shape index (κ3) is 0.946. The third-order valence-corrected chi connectivity index (χ3v) is 2.15. The van der Waals surface area contributed by atoms with Crippen molar-refractivity contribution >= 4 is 6.29 Å². The summed E-state index contributed by atoms with van der Waals surface area (Å²) in [5.74, 6) is 0. The molecule has 11 heavy (non-hydrogen) atoms. The van der Waals surface area contributed by atoms with E-state index in [1.54, 1.807) is 12.3 Å². The highest BCUT2D eigenvalue weighted by Crippen LogP contribution is 2.21. The third-order valence-electron chi connectivity index (χ3n) is 2.15. The standard InChI is InChI=1S/C9H9NO/c11-6-7-4-5-10-9-3-1-2-8(7)9/h4-6H,1-3H2. The molecule has 56 valence electrons. The molecule has 2 nitrogen and oxygen atoms in total. The van der Waals surface area contributed by atoms with Gasteiger partial charge in [-0.3, -0.25) is 9.78 Å². The summed E-state index contributed by atoms with van der Waals surface area (Å²) in [7, 11) is 0. The molecule has 0 radical (unpaired) electrons. The van der Waals surface area contributed by atoms with Gasteiger partial charge < -0.3 is 0 Å². The molecule has 0 amide bonds. The molecule has 0 aromatic carbocycles. The second kappa shape index (κ2) is 2.46. The molecule has 0 unspecified atom stereocenters. The molecule has 0 saturated carbocycles. The van der Waals surface area contributed by atoms with Crippen molar-refractivity contribution in [3.63, 3.8) is 0 Å². The molecule has 1 heterocycles. The van der Waals surface area contributed by atoms with Crippen LogP contribution in [0.5, 0.6) is 0 Å². The predicted molar refractivity (Wildman–Crippen MR) is 41.6 cm³/mol. The summed E-state index contributed by atoms with van der Waals surface area (Å²) in [6.45, 7) is 0. The van der Waals surface area contributed by atoms with Crippen LogP contribution in [-0.4, -0.2) is 11.3 Å². The molecule has 1 aliphatic rings. The van der Waals surface area contributed by atoms with Crippen LogP contribution in [0.25, 0.3) is 0 Å². The highest BCUT2D eigenvalue weighted by molar-refractivity contribution is 5.77. The van der Waals surface area contributed by atoms with Gasteiger partial charge >= 0.3 is 0 Å². The minimum absolute atomic E-state index is 0.826. The number of aldehydes is 1. The number of carbonyl (C=O) groups is 1. The van der Waals surface area contributed by atoms with E-state index in [0.717, 1.165) is 36.8 Å². The molecule has 2 heteroatoms. The van der Waals surface area contributed by atoms with Gasteiger partial charge in [0.05, 0.1) is 0 Å². The van der Waals surface area contributed by atoms with E-state index in [9.17, 15) is 4.79 Å². The van der Waals surface area contributed by atoms with Crippen molar-refractivity contribution in [2.45, 2.75) is 19.3 Å². The van der Waals surface area contributed by atoms with Crippen LogP contribution in [0.15, 0.2) is 12.3 Å². The first-order valence-electron chi connectivity index (χ1n) is 3.84. The van der Waals surface area contributed by atoms with Crippen molar-refractivity contribution in [1.29, 1.82) is 0 Å². The van der Waals surface area contributed by atoms with E-state index in [-0.39, 0.29) is 0 Å². The molecular weight excluding hydrogens is 138 g/mol. The van der Waals surface area contributed by atoms with Gasteiger partial charge in [-0.25, -0.2) is 0 Å². The molecule has 1 aromatic rings. The van der Waals surface area contributed by atoms with Gasteiger partial charge in [0.25, 0.3) is 0 Å². The van der Waals surface area contributed by atoms with Crippen LogP contribution in [0.2, 0.25) is 0 Å². The molecule has 0 saturated heterocycles. The Balaban J connectivity index is 2.58. The summed E-state index contributed by atoms with van der Waals surface area (Å²) < 4.78 is 0. The van der Waals surface area contributed by atoms with Crippen LogP contribution >= 0.6 is 0 Å². The number of aryl methyl sites for hydroxylation is 1. The maximum Gasteiger partial charge on any atom is 0.150 e. The Labute approximate surface area is 65.3 Å². The van der Waals surface area contributed by atoms with E-state index in [2.05, 4.69) is 4.98 Å². The van der Waals surface area contributed by atoms with E-state index in [0.29, 0.717) is 0 Å². The summed E-state index contributed by atoms with van der Waals surface area (Å²) in [5, 5.41) is 0. The number of hydrogen-bond acceptors (Lipinski definition) is 2. The molecule has 0 atom stereocenters. The average Bonchev–Trinajstić information content (AvgIpc) is 2.50. The van der Waals surface area contributed by atoms with Crippen molar-refractivity contribution in [2.75, 3.05) is 0 Å². The molecule has 0 fully saturated rings. The van der Waals surface area contributed by atoms with E-state index in [4.69, 9.17) is 0 Å². The highest BCUT2D eigenvalue weighted by Gasteiger charge is 2.14. The lowest BCUT2D eigenvalue weighted by Gasteiger charge is -1.98. The molecule has 1 aliphatic carbocycles. The van der Waals surface area contributed by atoms with E-state index < -0.39 is 0 Å². The Kier molecular flexibility index (Phi) is 1.46. The molecular formula is C9H9NO. The second-order valence-corrected chi connectivity index (χ2v) is 2.80. The normalized spacial score (nSPS) is 14.5. The van der Waals surface area contributed by atoms with Gasteiger partial charge in [0.15, 0.2) is 0 Å². The SMILES string of the molecule is O=Cc1ccnc2c1CCC2. The van der Waals surface area contributed by atoms with Gasteiger partial charge in [0, 0.05) is 17.5 Å². The van der Waals surface area contributed by atoms with Crippen LogP contribution in [-0.2, 0) is 12.8 Å². The van der Waals surface area contributed by atoms with Crippen LogP contribution in [0, 0.1) is 0 Å². The minimum atomic E-state index is 0.826. The number of rotatable bonds is 1. The molecule has 0 bridgehead atoms. The van der Waals surface area contributed by atoms with Gasteiger partial charge in [-0.1, -0.05) is 0 Å². The van der Waals surface area contributed by atoms with Gasteiger partial charge in [-0.2, -0.15) is 0 Å². The summed E-state index contributed by atoms with van der Waals surface area (Å²) in [4.78, 5) is 14.7. The Morgan fingerprint density at radius 3 is 3.18 bits per heavy atom. The maximum absolute atomic E-state index is 10.5. The lowest BCUT2D eigenvalue weighted by Crippen LogP contribution is -1.93. The Bertz CT molecular complexity index is 294. The van der Waals surface area contributed by atoms with Crippen molar-refractivity contribution < 1.29 is 4.79 Å². The van der Waals surface area contributed by atoms with Crippen molar-refractivity contribution in [2.24, 2.45) is 0 Å². The minimum Gasteiger partial charge on any atom is -0.298 e. The first kappa shape index (κ1) is 6.53. The van der Waals surface area contributed by atoms with Crippen LogP contribution in [0.1, 0.15) is 28.0 Å². The fraction of sp³-hybridized carbons (Fsp3) is 0.333. The number of hydrogen-bond donors (Lipinski definition) is 0. The van der Waals surface area contributed by atoms with E-state index in [1.165, 1.54) is 5.56 Å². The smallest absolute Gasteiger partial charge is 0.150 e. The first-order chi connectivity index (χ1) is 5.42. The Morgan fingerprint density at radius 1 is 1.45 bits per heavy atom. The average molecular weight is 147 g/mol. The summed E-state index contributed by atoms with van der Waals surface area (Å²) >= 11 is 0. The Morgan fingerprint density at radius 2 is 2.36 bits per heavy atom. The van der Waals surface area contributed by atoms with Gasteiger partial charge in [0.2, 0.25) is 0 Å². The maximum atomic E-state index is 10.5. The molecule has 2 rings (SSSR count). The zero-order valence-electron chi connectivity index (χ0n) is 6.21. The number of pyridine rings is 1. The Hall–Kier alpha value is -1.18. The molecule has 1 aromatic heterocycles. The molecule has 0 N–H and O–H groups in total. The van der Waals surface area contributed by atoms with Gasteiger partial charge in [0.1, 0.15) is 6.29 Å². The fourth-order valence-electron chi connectivity index (χ4n) is 1.60. The zero-order chi connectivity index (χ0) is 7.68. The zero-order valence-corrected chi connectivity index (χ0v) is 6.21. The lowest BCUT2D eigenvalue weighted by atomic mass is 10.1. The first-order valence-corrected chi connectivity index (χ1v) is 3.84. The fourth-order valence-corrected chi connectivity index (χ4v) is 1.60.